The molecular formula is C16H24O6. The van der Waals surface area contributed by atoms with Crippen LogP contribution in [0.2, 0.25) is 0 Å². The van der Waals surface area contributed by atoms with Gasteiger partial charge in [-0.25, -0.2) is 0 Å². The molecule has 124 valence electrons. The molecule has 0 rings (SSSR count). The number of carbonyl (C=O) groups excluding carboxylic acids is 3. The molecule has 0 aliphatic rings. The summed E-state index contributed by atoms with van der Waals surface area (Å²) < 4.78 is 14.7. The highest BCUT2D eigenvalue weighted by molar-refractivity contribution is 6.17. The van der Waals surface area contributed by atoms with E-state index in [0.29, 0.717) is 6.42 Å². The minimum Gasteiger partial charge on any atom is -0.465 e. The van der Waals surface area contributed by atoms with Gasteiger partial charge in [0.1, 0.15) is 0 Å². The van der Waals surface area contributed by atoms with Crippen LogP contribution in [-0.4, -0.2) is 37.7 Å². The van der Waals surface area contributed by atoms with Gasteiger partial charge in [0.2, 0.25) is 0 Å². The summed E-state index contributed by atoms with van der Waals surface area (Å²) >= 11 is 0. The van der Waals surface area contributed by atoms with Gasteiger partial charge in [-0.2, -0.15) is 0 Å². The first kappa shape index (κ1) is 20.0. The van der Waals surface area contributed by atoms with Crippen LogP contribution < -0.4 is 0 Å². The standard InChI is InChI=1S/C16H24O6/c1-5-9-10-11-12-16(13(17)20-6-2,14(18)21-7-3)15(19)22-8-4/h5-8,11-12H2,1-4H3. The molecule has 22 heavy (non-hydrogen) atoms. The molecule has 0 aliphatic carbocycles. The van der Waals surface area contributed by atoms with Crippen molar-refractivity contribution in [3.63, 3.8) is 0 Å². The molecule has 6 heteroatoms. The number of rotatable bonds is 8. The Balaban J connectivity index is 5.62. The van der Waals surface area contributed by atoms with E-state index in [1.807, 2.05) is 6.92 Å². The zero-order valence-corrected chi connectivity index (χ0v) is 13.7. The topological polar surface area (TPSA) is 78.9 Å². The molecule has 6 nitrogen and oxygen atoms in total. The normalized spacial score (nSPS) is 10.2. The maximum atomic E-state index is 12.3. The molecule has 0 unspecified atom stereocenters. The summed E-state index contributed by atoms with van der Waals surface area (Å²) in [6, 6.07) is 0. The lowest BCUT2D eigenvalue weighted by Gasteiger charge is -2.26. The molecule has 0 heterocycles. The monoisotopic (exact) mass is 312 g/mol. The van der Waals surface area contributed by atoms with Crippen LogP contribution in [0.1, 0.15) is 47.0 Å². The number of carbonyl (C=O) groups is 3. The minimum absolute atomic E-state index is 0.0417. The molecule has 0 atom stereocenters. The van der Waals surface area contributed by atoms with Crippen LogP contribution in [0.4, 0.5) is 0 Å². The lowest BCUT2D eigenvalue weighted by atomic mass is 9.83. The van der Waals surface area contributed by atoms with Gasteiger partial charge in [-0.05, 0) is 27.2 Å². The molecule has 0 amide bonds. The fraction of sp³-hybridized carbons (Fsp3) is 0.688. The Labute approximate surface area is 131 Å². The van der Waals surface area contributed by atoms with Crippen LogP contribution in [0.5, 0.6) is 0 Å². The van der Waals surface area contributed by atoms with Crippen molar-refractivity contribution in [2.45, 2.75) is 47.0 Å². The lowest BCUT2D eigenvalue weighted by molar-refractivity contribution is -0.184. The third kappa shape index (κ3) is 5.06. The maximum Gasteiger partial charge on any atom is 0.335 e. The Morgan fingerprint density at radius 3 is 1.50 bits per heavy atom. The molecule has 0 N–H and O–H groups in total. The quantitative estimate of drug-likeness (QED) is 0.294. The molecule has 0 saturated carbocycles. The van der Waals surface area contributed by atoms with Gasteiger partial charge in [0.25, 0.3) is 5.41 Å². The largest absolute Gasteiger partial charge is 0.465 e. The molecule has 0 spiro atoms. The van der Waals surface area contributed by atoms with E-state index in [0.717, 1.165) is 0 Å². The Kier molecular flexibility index (Phi) is 9.68. The summed E-state index contributed by atoms with van der Waals surface area (Å²) in [5.74, 6) is 2.77. The van der Waals surface area contributed by atoms with Gasteiger partial charge in [0.15, 0.2) is 0 Å². The molecular weight excluding hydrogens is 288 g/mol. The number of hydrogen-bond acceptors (Lipinski definition) is 6. The second-order valence-electron chi connectivity index (χ2n) is 4.27. The smallest absolute Gasteiger partial charge is 0.335 e. The molecule has 0 aliphatic heterocycles. The maximum absolute atomic E-state index is 12.3. The van der Waals surface area contributed by atoms with Gasteiger partial charge >= 0.3 is 17.9 Å². The van der Waals surface area contributed by atoms with Gasteiger partial charge in [-0.3, -0.25) is 14.4 Å². The minimum atomic E-state index is -2.11. The van der Waals surface area contributed by atoms with Crippen molar-refractivity contribution in [1.29, 1.82) is 0 Å². The number of esters is 3. The van der Waals surface area contributed by atoms with Gasteiger partial charge < -0.3 is 14.2 Å². The van der Waals surface area contributed by atoms with E-state index in [9.17, 15) is 14.4 Å². The highest BCUT2D eigenvalue weighted by Gasteiger charge is 2.56. The van der Waals surface area contributed by atoms with Crippen LogP contribution in [0.25, 0.3) is 0 Å². The van der Waals surface area contributed by atoms with Gasteiger partial charge in [0, 0.05) is 12.8 Å². The van der Waals surface area contributed by atoms with Crippen LogP contribution in [0.15, 0.2) is 0 Å². The summed E-state index contributed by atoms with van der Waals surface area (Å²) in [6.07, 6.45) is 0.700. The summed E-state index contributed by atoms with van der Waals surface area (Å²) in [4.78, 5) is 36.9. The average Bonchev–Trinajstić information content (AvgIpc) is 2.48. The van der Waals surface area contributed by atoms with E-state index in [1.165, 1.54) is 0 Å². The molecule has 0 aromatic rings. The van der Waals surface area contributed by atoms with Crippen LogP contribution in [0, 0.1) is 17.3 Å². The number of hydrogen-bond donors (Lipinski definition) is 0. The molecule has 0 aromatic carbocycles. The molecule has 0 radical (unpaired) electrons. The van der Waals surface area contributed by atoms with Crippen LogP contribution in [0.3, 0.4) is 0 Å². The Hall–Kier alpha value is -2.03. The predicted octanol–water partition coefficient (Wildman–Crippen LogP) is 1.86. The van der Waals surface area contributed by atoms with E-state index in [4.69, 9.17) is 14.2 Å². The van der Waals surface area contributed by atoms with Crippen molar-refractivity contribution in [1.82, 2.24) is 0 Å². The lowest BCUT2D eigenvalue weighted by Crippen LogP contribution is -2.49. The first-order valence-corrected chi connectivity index (χ1v) is 7.48. The van der Waals surface area contributed by atoms with Crippen LogP contribution >= 0.6 is 0 Å². The van der Waals surface area contributed by atoms with Crippen molar-refractivity contribution >= 4 is 17.9 Å². The Morgan fingerprint density at radius 1 is 0.773 bits per heavy atom. The van der Waals surface area contributed by atoms with Crippen molar-refractivity contribution in [3.8, 4) is 11.8 Å². The van der Waals surface area contributed by atoms with Crippen molar-refractivity contribution in [2.24, 2.45) is 5.41 Å². The first-order chi connectivity index (χ1) is 10.5. The molecule has 0 aromatic heterocycles. The Morgan fingerprint density at radius 2 is 1.18 bits per heavy atom. The second-order valence-corrected chi connectivity index (χ2v) is 4.27. The fourth-order valence-electron chi connectivity index (χ4n) is 1.78. The highest BCUT2D eigenvalue weighted by Crippen LogP contribution is 2.30. The van der Waals surface area contributed by atoms with E-state index < -0.39 is 23.3 Å². The van der Waals surface area contributed by atoms with E-state index in [-0.39, 0.29) is 32.7 Å². The van der Waals surface area contributed by atoms with Crippen molar-refractivity contribution in [3.05, 3.63) is 0 Å². The molecule has 0 bridgehead atoms. The predicted molar refractivity (Wildman–Crippen MR) is 79.6 cm³/mol. The van der Waals surface area contributed by atoms with Crippen molar-refractivity contribution < 1.29 is 28.6 Å². The average molecular weight is 312 g/mol. The third-order valence-corrected chi connectivity index (χ3v) is 2.80. The van der Waals surface area contributed by atoms with E-state index in [2.05, 4.69) is 11.8 Å². The molecule has 0 fully saturated rings. The van der Waals surface area contributed by atoms with Gasteiger partial charge in [-0.15, -0.1) is 11.8 Å². The van der Waals surface area contributed by atoms with Crippen LogP contribution in [-0.2, 0) is 28.6 Å². The summed E-state index contributed by atoms with van der Waals surface area (Å²) in [6.45, 7) is 6.78. The van der Waals surface area contributed by atoms with E-state index in [1.54, 1.807) is 20.8 Å². The fourth-order valence-corrected chi connectivity index (χ4v) is 1.78. The van der Waals surface area contributed by atoms with E-state index >= 15 is 0 Å². The van der Waals surface area contributed by atoms with Gasteiger partial charge in [0.05, 0.1) is 19.8 Å². The highest BCUT2D eigenvalue weighted by atomic mass is 16.6. The first-order valence-electron chi connectivity index (χ1n) is 7.48. The SMILES string of the molecule is CCC#CCCC(C(=O)OCC)(C(=O)OCC)C(=O)OCC. The summed E-state index contributed by atoms with van der Waals surface area (Å²) in [5.41, 5.74) is -2.11. The number of ether oxygens (including phenoxy) is 3. The van der Waals surface area contributed by atoms with Crippen molar-refractivity contribution in [2.75, 3.05) is 19.8 Å². The molecule has 0 saturated heterocycles. The summed E-state index contributed by atoms with van der Waals surface area (Å²) in [7, 11) is 0. The Bertz CT molecular complexity index is 398. The van der Waals surface area contributed by atoms with Gasteiger partial charge in [-0.1, -0.05) is 6.92 Å². The second kappa shape index (κ2) is 10.7. The summed E-state index contributed by atoms with van der Waals surface area (Å²) in [5, 5.41) is 0. The zero-order valence-electron chi connectivity index (χ0n) is 13.7. The zero-order chi connectivity index (χ0) is 17.0. The third-order valence-electron chi connectivity index (χ3n) is 2.80.